The van der Waals surface area contributed by atoms with E-state index in [0.29, 0.717) is 11.3 Å². The van der Waals surface area contributed by atoms with Gasteiger partial charge in [0.15, 0.2) is 0 Å². The molecule has 0 aromatic heterocycles. The van der Waals surface area contributed by atoms with Crippen LogP contribution in [0.2, 0.25) is 0 Å². The first-order chi connectivity index (χ1) is 9.02. The minimum atomic E-state index is -0.681. The van der Waals surface area contributed by atoms with Gasteiger partial charge in [0.1, 0.15) is 6.54 Å². The molecule has 0 spiro atoms. The third-order valence-corrected chi connectivity index (χ3v) is 2.11. The molecule has 7 nitrogen and oxygen atoms in total. The lowest BCUT2D eigenvalue weighted by molar-refractivity contribution is -0.141. The van der Waals surface area contributed by atoms with Crippen LogP contribution < -0.4 is 16.4 Å². The van der Waals surface area contributed by atoms with Gasteiger partial charge in [-0.3, -0.25) is 9.59 Å². The summed E-state index contributed by atoms with van der Waals surface area (Å²) in [5.74, 6) is -0.901. The SMILES string of the molecule is CCOC(=O)CNC(=O)c1ccc(NC(N)=O)cc1. The van der Waals surface area contributed by atoms with E-state index < -0.39 is 17.9 Å². The Morgan fingerprint density at radius 3 is 2.37 bits per heavy atom. The van der Waals surface area contributed by atoms with Crippen molar-refractivity contribution in [2.24, 2.45) is 5.73 Å². The topological polar surface area (TPSA) is 111 Å². The monoisotopic (exact) mass is 265 g/mol. The van der Waals surface area contributed by atoms with Crippen LogP contribution in [0.25, 0.3) is 0 Å². The number of carbonyl (C=O) groups is 3. The predicted octanol–water partition coefficient (Wildman–Crippen LogP) is 0.470. The Morgan fingerprint density at radius 1 is 1.21 bits per heavy atom. The zero-order chi connectivity index (χ0) is 14.3. The van der Waals surface area contributed by atoms with Crippen LogP contribution in [0.15, 0.2) is 24.3 Å². The fourth-order valence-corrected chi connectivity index (χ4v) is 1.31. The van der Waals surface area contributed by atoms with Gasteiger partial charge < -0.3 is 21.1 Å². The highest BCUT2D eigenvalue weighted by Crippen LogP contribution is 2.08. The number of rotatable bonds is 5. The number of nitrogens with one attached hydrogen (secondary N) is 2. The predicted molar refractivity (Wildman–Crippen MR) is 68.6 cm³/mol. The Morgan fingerprint density at radius 2 is 1.84 bits per heavy atom. The Labute approximate surface area is 110 Å². The number of ether oxygens (including phenoxy) is 1. The fraction of sp³-hybridized carbons (Fsp3) is 0.250. The Hall–Kier alpha value is -2.57. The van der Waals surface area contributed by atoms with E-state index in [1.165, 1.54) is 24.3 Å². The van der Waals surface area contributed by atoms with Gasteiger partial charge in [0.2, 0.25) is 0 Å². The third kappa shape index (κ3) is 5.07. The molecule has 0 aliphatic carbocycles. The number of primary amides is 1. The quantitative estimate of drug-likeness (QED) is 0.672. The maximum Gasteiger partial charge on any atom is 0.325 e. The maximum absolute atomic E-state index is 11.7. The van der Waals surface area contributed by atoms with Gasteiger partial charge in [-0.25, -0.2) is 4.79 Å². The average Bonchev–Trinajstić information content (AvgIpc) is 2.36. The lowest BCUT2D eigenvalue weighted by atomic mass is 10.2. The molecule has 3 amide bonds. The summed E-state index contributed by atoms with van der Waals surface area (Å²) in [6.07, 6.45) is 0. The van der Waals surface area contributed by atoms with Crippen LogP contribution in [0.3, 0.4) is 0 Å². The molecule has 4 N–H and O–H groups in total. The van der Waals surface area contributed by atoms with Gasteiger partial charge >= 0.3 is 12.0 Å². The number of hydrogen-bond acceptors (Lipinski definition) is 4. The molecule has 1 aromatic carbocycles. The van der Waals surface area contributed by atoms with Crippen LogP contribution in [-0.4, -0.2) is 31.1 Å². The third-order valence-electron chi connectivity index (χ3n) is 2.11. The second-order valence-electron chi connectivity index (χ2n) is 3.55. The molecule has 0 aliphatic heterocycles. The summed E-state index contributed by atoms with van der Waals surface area (Å²) in [5, 5.41) is 4.79. The first-order valence-corrected chi connectivity index (χ1v) is 5.63. The van der Waals surface area contributed by atoms with Crippen LogP contribution in [-0.2, 0) is 9.53 Å². The first kappa shape index (κ1) is 14.5. The second-order valence-corrected chi connectivity index (χ2v) is 3.55. The Bertz CT molecular complexity index is 470. The second kappa shape index (κ2) is 7.00. The van der Waals surface area contributed by atoms with E-state index in [4.69, 9.17) is 5.73 Å². The molecule has 1 rings (SSSR count). The Balaban J connectivity index is 2.53. The average molecular weight is 265 g/mol. The zero-order valence-electron chi connectivity index (χ0n) is 10.4. The molecule has 0 unspecified atom stereocenters. The molecule has 0 atom stereocenters. The summed E-state index contributed by atoms with van der Waals surface area (Å²) in [6.45, 7) is 1.76. The summed E-state index contributed by atoms with van der Waals surface area (Å²) in [5.41, 5.74) is 5.79. The largest absolute Gasteiger partial charge is 0.465 e. The summed E-state index contributed by atoms with van der Waals surface area (Å²) < 4.78 is 4.68. The molecule has 0 saturated carbocycles. The first-order valence-electron chi connectivity index (χ1n) is 5.63. The number of urea groups is 1. The van der Waals surface area contributed by atoms with Crippen LogP contribution in [0.4, 0.5) is 10.5 Å². The van der Waals surface area contributed by atoms with E-state index in [-0.39, 0.29) is 13.2 Å². The minimum Gasteiger partial charge on any atom is -0.465 e. The number of nitrogens with two attached hydrogens (primary N) is 1. The maximum atomic E-state index is 11.7. The molecule has 0 fully saturated rings. The molecule has 0 aliphatic rings. The van der Waals surface area contributed by atoms with Crippen molar-refractivity contribution >= 4 is 23.6 Å². The van der Waals surface area contributed by atoms with Crippen molar-refractivity contribution in [1.29, 1.82) is 0 Å². The van der Waals surface area contributed by atoms with E-state index >= 15 is 0 Å². The zero-order valence-corrected chi connectivity index (χ0v) is 10.4. The number of hydrogen-bond donors (Lipinski definition) is 3. The van der Waals surface area contributed by atoms with E-state index in [1.807, 2.05) is 0 Å². The number of anilines is 1. The van der Waals surface area contributed by atoms with Crippen molar-refractivity contribution in [3.63, 3.8) is 0 Å². The number of carbonyl (C=O) groups excluding carboxylic acids is 3. The van der Waals surface area contributed by atoms with Gasteiger partial charge in [-0.15, -0.1) is 0 Å². The van der Waals surface area contributed by atoms with Gasteiger partial charge in [0.05, 0.1) is 6.61 Å². The molecular weight excluding hydrogens is 250 g/mol. The fourth-order valence-electron chi connectivity index (χ4n) is 1.31. The van der Waals surface area contributed by atoms with Gasteiger partial charge in [-0.2, -0.15) is 0 Å². The van der Waals surface area contributed by atoms with Crippen LogP contribution >= 0.6 is 0 Å². The standard InChI is InChI=1S/C12H15N3O4/c1-2-19-10(16)7-14-11(17)8-3-5-9(6-4-8)15-12(13)18/h3-6H,2,7H2,1H3,(H,14,17)(H3,13,15,18). The molecule has 1 aromatic rings. The summed E-state index contributed by atoms with van der Waals surface area (Å²) >= 11 is 0. The summed E-state index contributed by atoms with van der Waals surface area (Å²) in [6, 6.07) is 5.39. The number of esters is 1. The van der Waals surface area contributed by atoms with Gasteiger partial charge in [0, 0.05) is 11.3 Å². The van der Waals surface area contributed by atoms with Crippen LogP contribution in [0, 0.1) is 0 Å². The summed E-state index contributed by atoms with van der Waals surface area (Å²) in [4.78, 5) is 33.3. The van der Waals surface area contributed by atoms with Crippen LogP contribution in [0.5, 0.6) is 0 Å². The van der Waals surface area contributed by atoms with Crippen molar-refractivity contribution in [2.75, 3.05) is 18.5 Å². The molecule has 7 heteroatoms. The smallest absolute Gasteiger partial charge is 0.325 e. The Kier molecular flexibility index (Phi) is 5.34. The highest BCUT2D eigenvalue weighted by Gasteiger charge is 2.08. The molecule has 0 heterocycles. The summed E-state index contributed by atoms with van der Waals surface area (Å²) in [7, 11) is 0. The van der Waals surface area contributed by atoms with E-state index in [9.17, 15) is 14.4 Å². The normalized spacial score (nSPS) is 9.53. The van der Waals surface area contributed by atoms with Crippen molar-refractivity contribution < 1.29 is 19.1 Å². The molecule has 0 radical (unpaired) electrons. The van der Waals surface area contributed by atoms with Crippen molar-refractivity contribution in [3.8, 4) is 0 Å². The number of amides is 3. The van der Waals surface area contributed by atoms with Crippen molar-refractivity contribution in [3.05, 3.63) is 29.8 Å². The minimum absolute atomic E-state index is 0.187. The highest BCUT2D eigenvalue weighted by atomic mass is 16.5. The van der Waals surface area contributed by atoms with Gasteiger partial charge in [-0.05, 0) is 31.2 Å². The van der Waals surface area contributed by atoms with E-state index in [1.54, 1.807) is 6.92 Å². The van der Waals surface area contributed by atoms with Gasteiger partial charge in [-0.1, -0.05) is 0 Å². The molecule has 19 heavy (non-hydrogen) atoms. The molecule has 0 bridgehead atoms. The highest BCUT2D eigenvalue weighted by molar-refractivity contribution is 5.96. The van der Waals surface area contributed by atoms with E-state index in [2.05, 4.69) is 15.4 Å². The molecule has 0 saturated heterocycles. The molecular formula is C12H15N3O4. The number of benzene rings is 1. The molecule has 102 valence electrons. The van der Waals surface area contributed by atoms with Crippen LogP contribution in [0.1, 0.15) is 17.3 Å². The lowest BCUT2D eigenvalue weighted by Gasteiger charge is -2.06. The van der Waals surface area contributed by atoms with E-state index in [0.717, 1.165) is 0 Å². The van der Waals surface area contributed by atoms with Crippen molar-refractivity contribution in [2.45, 2.75) is 6.92 Å². The van der Waals surface area contributed by atoms with Gasteiger partial charge in [0.25, 0.3) is 5.91 Å². The van der Waals surface area contributed by atoms with Crippen molar-refractivity contribution in [1.82, 2.24) is 5.32 Å². The lowest BCUT2D eigenvalue weighted by Crippen LogP contribution is -2.30.